The summed E-state index contributed by atoms with van der Waals surface area (Å²) in [6.45, 7) is 0.439. The molecule has 0 saturated heterocycles. The lowest BCUT2D eigenvalue weighted by molar-refractivity contribution is 0.174. The van der Waals surface area contributed by atoms with E-state index in [1.54, 1.807) is 12.1 Å². The minimum Gasteiger partial charge on any atom is -0.507 e. The Morgan fingerprint density at radius 2 is 2.00 bits per heavy atom. The van der Waals surface area contributed by atoms with Crippen LogP contribution in [0.3, 0.4) is 0 Å². The van der Waals surface area contributed by atoms with Gasteiger partial charge in [0, 0.05) is 23.9 Å². The molecule has 1 heterocycles. The minimum atomic E-state index is -0.561. The van der Waals surface area contributed by atoms with Gasteiger partial charge in [-0.3, -0.25) is 0 Å². The monoisotopic (exact) mass is 286 g/mol. The first-order chi connectivity index (χ1) is 10.2. The molecule has 2 aromatic rings. The summed E-state index contributed by atoms with van der Waals surface area (Å²) in [5, 5.41) is 21.7. The third kappa shape index (κ3) is 2.54. The molecule has 0 aliphatic carbocycles. The number of fused-ring (bicyclic) bond motifs is 1. The Balaban J connectivity index is 1.78. The zero-order valence-electron chi connectivity index (χ0n) is 10.9. The Labute approximate surface area is 120 Å². The van der Waals surface area contributed by atoms with E-state index in [9.17, 15) is 9.50 Å². The van der Waals surface area contributed by atoms with Crippen molar-refractivity contribution < 1.29 is 19.0 Å². The van der Waals surface area contributed by atoms with Gasteiger partial charge < -0.3 is 19.9 Å². The number of hydrogen-bond donors (Lipinski definition) is 2. The van der Waals surface area contributed by atoms with Gasteiger partial charge in [-0.2, -0.15) is 5.26 Å². The molecule has 0 aromatic heterocycles. The predicted molar refractivity (Wildman–Crippen MR) is 72.7 cm³/mol. The molecule has 6 heteroatoms. The number of hydrogen-bond acceptors (Lipinski definition) is 5. The van der Waals surface area contributed by atoms with Gasteiger partial charge in [0.25, 0.3) is 0 Å². The lowest BCUT2D eigenvalue weighted by Crippen LogP contribution is -2.00. The Morgan fingerprint density at radius 1 is 1.24 bits per heavy atom. The normalized spacial score (nSPS) is 12.0. The number of halogens is 1. The molecule has 0 bridgehead atoms. The molecule has 2 aromatic carbocycles. The summed E-state index contributed by atoms with van der Waals surface area (Å²) in [7, 11) is 0. The van der Waals surface area contributed by atoms with Crippen LogP contribution in [-0.2, 0) is 6.54 Å². The van der Waals surface area contributed by atoms with Crippen molar-refractivity contribution >= 4 is 5.69 Å². The summed E-state index contributed by atoms with van der Waals surface area (Å²) in [5.41, 5.74) is 1.17. The second-order valence-corrected chi connectivity index (χ2v) is 4.49. The Bertz CT molecular complexity index is 740. The highest BCUT2D eigenvalue weighted by Gasteiger charge is 2.16. The van der Waals surface area contributed by atoms with Gasteiger partial charge in [-0.25, -0.2) is 4.39 Å². The van der Waals surface area contributed by atoms with E-state index in [-0.39, 0.29) is 18.1 Å². The van der Waals surface area contributed by atoms with Gasteiger partial charge in [0.05, 0.1) is 5.56 Å². The van der Waals surface area contributed by atoms with Gasteiger partial charge in [0.15, 0.2) is 11.5 Å². The fraction of sp³-hybridized carbons (Fsp3) is 0.133. The van der Waals surface area contributed by atoms with Crippen molar-refractivity contribution in [1.29, 1.82) is 5.26 Å². The molecule has 1 aliphatic rings. The number of nitrogens with one attached hydrogen (secondary N) is 1. The van der Waals surface area contributed by atoms with E-state index in [2.05, 4.69) is 5.32 Å². The first-order valence-electron chi connectivity index (χ1n) is 6.22. The van der Waals surface area contributed by atoms with E-state index in [0.29, 0.717) is 29.3 Å². The predicted octanol–water partition coefficient (Wildman–Crippen LogP) is 2.74. The Morgan fingerprint density at radius 3 is 2.76 bits per heavy atom. The summed E-state index contributed by atoms with van der Waals surface area (Å²) >= 11 is 0. The molecule has 2 N–H and O–H groups in total. The number of rotatable bonds is 3. The van der Waals surface area contributed by atoms with Gasteiger partial charge in [0.2, 0.25) is 6.79 Å². The maximum absolute atomic E-state index is 13.2. The zero-order valence-corrected chi connectivity index (χ0v) is 10.9. The van der Waals surface area contributed by atoms with Crippen LogP contribution in [0, 0.1) is 17.1 Å². The number of benzene rings is 2. The van der Waals surface area contributed by atoms with Gasteiger partial charge in [-0.05, 0) is 24.3 Å². The summed E-state index contributed by atoms with van der Waals surface area (Å²) in [6.07, 6.45) is 0. The molecule has 0 radical (unpaired) electrons. The van der Waals surface area contributed by atoms with Gasteiger partial charge in [-0.1, -0.05) is 0 Å². The van der Waals surface area contributed by atoms with Crippen molar-refractivity contribution in [3.8, 4) is 23.3 Å². The Hall–Kier alpha value is -2.94. The molecule has 0 saturated carbocycles. The van der Waals surface area contributed by atoms with E-state index in [1.807, 2.05) is 0 Å². The molecule has 1 aliphatic heterocycles. The molecule has 3 rings (SSSR count). The fourth-order valence-electron chi connectivity index (χ4n) is 2.03. The van der Waals surface area contributed by atoms with Crippen LogP contribution in [0.5, 0.6) is 17.2 Å². The maximum atomic E-state index is 13.2. The van der Waals surface area contributed by atoms with E-state index in [0.717, 1.165) is 0 Å². The molecule has 5 nitrogen and oxygen atoms in total. The third-order valence-corrected chi connectivity index (χ3v) is 3.14. The highest BCUT2D eigenvalue weighted by atomic mass is 19.1. The van der Waals surface area contributed by atoms with Crippen LogP contribution < -0.4 is 14.8 Å². The van der Waals surface area contributed by atoms with Crippen molar-refractivity contribution in [3.63, 3.8) is 0 Å². The summed E-state index contributed by atoms with van der Waals surface area (Å²) < 4.78 is 23.6. The van der Waals surface area contributed by atoms with E-state index in [1.165, 1.54) is 24.3 Å². The van der Waals surface area contributed by atoms with Crippen molar-refractivity contribution in [3.05, 3.63) is 47.3 Å². The fourth-order valence-corrected chi connectivity index (χ4v) is 2.03. The van der Waals surface area contributed by atoms with Crippen LogP contribution >= 0.6 is 0 Å². The molecule has 21 heavy (non-hydrogen) atoms. The van der Waals surface area contributed by atoms with E-state index < -0.39 is 5.82 Å². The SMILES string of the molecule is N#Cc1cc(NCc2cc3c(cc2O)OCO3)ccc1F. The number of nitrogens with zero attached hydrogens (tertiary/aromatic N) is 1. The highest BCUT2D eigenvalue weighted by Crippen LogP contribution is 2.37. The number of aromatic hydroxyl groups is 1. The van der Waals surface area contributed by atoms with Gasteiger partial charge in [-0.15, -0.1) is 0 Å². The number of ether oxygens (including phenoxy) is 2. The topological polar surface area (TPSA) is 74.5 Å². The molecule has 0 unspecified atom stereocenters. The minimum absolute atomic E-state index is 0.0325. The van der Waals surface area contributed by atoms with Crippen LogP contribution in [0.1, 0.15) is 11.1 Å². The first kappa shape index (κ1) is 13.1. The standard InChI is InChI=1S/C15H11FN2O3/c16-12-2-1-11(3-9(12)6-17)18-7-10-4-14-15(5-13(10)19)21-8-20-14/h1-5,18-19H,7-8H2. The number of phenolic OH excluding ortho intramolecular Hbond substituents is 1. The van der Waals surface area contributed by atoms with Crippen molar-refractivity contribution in [2.75, 3.05) is 12.1 Å². The molecule has 106 valence electrons. The number of nitriles is 1. The summed E-state index contributed by atoms with van der Waals surface area (Å²) in [4.78, 5) is 0. The highest BCUT2D eigenvalue weighted by molar-refractivity contribution is 5.54. The van der Waals surface area contributed by atoms with Crippen molar-refractivity contribution in [2.45, 2.75) is 6.54 Å². The van der Waals surface area contributed by atoms with Crippen LogP contribution in [-0.4, -0.2) is 11.9 Å². The first-order valence-corrected chi connectivity index (χ1v) is 6.22. The second kappa shape index (κ2) is 5.21. The van der Waals surface area contributed by atoms with Crippen molar-refractivity contribution in [1.82, 2.24) is 0 Å². The van der Waals surface area contributed by atoms with Crippen LogP contribution in [0.15, 0.2) is 30.3 Å². The van der Waals surface area contributed by atoms with E-state index >= 15 is 0 Å². The quantitative estimate of drug-likeness (QED) is 0.907. The van der Waals surface area contributed by atoms with Gasteiger partial charge in [0.1, 0.15) is 17.6 Å². The van der Waals surface area contributed by atoms with Crippen LogP contribution in [0.25, 0.3) is 0 Å². The van der Waals surface area contributed by atoms with Crippen LogP contribution in [0.4, 0.5) is 10.1 Å². The average Bonchev–Trinajstić information content (AvgIpc) is 2.93. The lowest BCUT2D eigenvalue weighted by Gasteiger charge is -2.09. The molecule has 0 fully saturated rings. The lowest BCUT2D eigenvalue weighted by atomic mass is 10.1. The number of anilines is 1. The van der Waals surface area contributed by atoms with Crippen LogP contribution in [0.2, 0.25) is 0 Å². The maximum Gasteiger partial charge on any atom is 0.231 e. The molecular weight excluding hydrogens is 275 g/mol. The molecule has 0 spiro atoms. The number of phenols is 1. The zero-order chi connectivity index (χ0) is 14.8. The molecular formula is C15H11FN2O3. The largest absolute Gasteiger partial charge is 0.507 e. The third-order valence-electron chi connectivity index (χ3n) is 3.14. The second-order valence-electron chi connectivity index (χ2n) is 4.49. The molecule has 0 amide bonds. The summed E-state index contributed by atoms with van der Waals surface area (Å²) in [5.74, 6) is 0.592. The molecule has 0 atom stereocenters. The van der Waals surface area contributed by atoms with Crippen molar-refractivity contribution in [2.24, 2.45) is 0 Å². The average molecular weight is 286 g/mol. The van der Waals surface area contributed by atoms with E-state index in [4.69, 9.17) is 14.7 Å². The van der Waals surface area contributed by atoms with Gasteiger partial charge >= 0.3 is 0 Å². The smallest absolute Gasteiger partial charge is 0.231 e. The Kier molecular flexibility index (Phi) is 3.24. The summed E-state index contributed by atoms with van der Waals surface area (Å²) in [6, 6.07) is 9.12.